The van der Waals surface area contributed by atoms with Crippen molar-refractivity contribution in [1.29, 1.82) is 0 Å². The van der Waals surface area contributed by atoms with Crippen LogP contribution in [-0.2, 0) is 9.59 Å². The summed E-state index contributed by atoms with van der Waals surface area (Å²) in [6, 6.07) is 0. The van der Waals surface area contributed by atoms with Crippen molar-refractivity contribution < 1.29 is 14.7 Å². The Morgan fingerprint density at radius 3 is 2.57 bits per heavy atom. The highest BCUT2D eigenvalue weighted by Crippen LogP contribution is 2.26. The Hall–Kier alpha value is -1.06. The summed E-state index contributed by atoms with van der Waals surface area (Å²) in [5.41, 5.74) is 0. The number of carboxylic acid groups (broad SMARTS) is 1. The average Bonchev–Trinajstić information content (AvgIpc) is 2.00. The van der Waals surface area contributed by atoms with E-state index >= 15 is 0 Å². The van der Waals surface area contributed by atoms with E-state index in [0.29, 0.717) is 13.0 Å². The van der Waals surface area contributed by atoms with Crippen LogP contribution in [0.5, 0.6) is 0 Å². The van der Waals surface area contributed by atoms with Crippen molar-refractivity contribution >= 4 is 11.9 Å². The van der Waals surface area contributed by atoms with Gasteiger partial charge in [0, 0.05) is 12.5 Å². The van der Waals surface area contributed by atoms with Gasteiger partial charge in [0.1, 0.15) is 0 Å². The molecule has 1 atom stereocenters. The summed E-state index contributed by atoms with van der Waals surface area (Å²) < 4.78 is 0. The summed E-state index contributed by atoms with van der Waals surface area (Å²) in [6.45, 7) is 2.13. The normalized spacial score (nSPS) is 18.4. The van der Waals surface area contributed by atoms with E-state index in [9.17, 15) is 9.59 Å². The molecule has 0 aromatic rings. The van der Waals surface area contributed by atoms with Crippen molar-refractivity contribution in [2.45, 2.75) is 32.6 Å². The van der Waals surface area contributed by atoms with E-state index in [1.165, 1.54) is 0 Å². The lowest BCUT2D eigenvalue weighted by Crippen LogP contribution is -2.35. The number of rotatable bonds is 5. The molecular weight excluding hydrogens is 182 g/mol. The van der Waals surface area contributed by atoms with Crippen LogP contribution in [0, 0.1) is 11.8 Å². The van der Waals surface area contributed by atoms with E-state index in [2.05, 4.69) is 5.32 Å². The number of carbonyl (C=O) groups excluding carboxylic acids is 1. The second-order valence-corrected chi connectivity index (χ2v) is 3.95. The number of hydrogen-bond acceptors (Lipinski definition) is 2. The lowest BCUT2D eigenvalue weighted by Gasteiger charge is -2.24. The molecule has 0 aliphatic heterocycles. The van der Waals surface area contributed by atoms with Gasteiger partial charge in [-0.1, -0.05) is 13.3 Å². The molecule has 80 valence electrons. The predicted molar refractivity (Wildman–Crippen MR) is 51.8 cm³/mol. The molecule has 14 heavy (non-hydrogen) atoms. The molecule has 1 aliphatic rings. The minimum atomic E-state index is -0.803. The van der Waals surface area contributed by atoms with Crippen molar-refractivity contribution in [2.24, 2.45) is 11.8 Å². The molecule has 0 aromatic heterocycles. The molecular formula is C10H17NO3. The van der Waals surface area contributed by atoms with Gasteiger partial charge in [-0.15, -0.1) is 0 Å². The highest BCUT2D eigenvalue weighted by molar-refractivity contribution is 5.79. The molecule has 0 heterocycles. The van der Waals surface area contributed by atoms with E-state index in [1.54, 1.807) is 6.92 Å². The first-order chi connectivity index (χ1) is 6.61. The minimum Gasteiger partial charge on any atom is -0.481 e. The molecule has 0 saturated heterocycles. The van der Waals surface area contributed by atoms with Gasteiger partial charge in [0.05, 0.1) is 5.92 Å². The predicted octanol–water partition coefficient (Wildman–Crippen LogP) is 1.01. The number of amides is 1. The van der Waals surface area contributed by atoms with Crippen LogP contribution in [0.1, 0.15) is 32.6 Å². The summed E-state index contributed by atoms with van der Waals surface area (Å²) in [5, 5.41) is 11.4. The molecule has 1 unspecified atom stereocenters. The molecule has 0 bridgehead atoms. The second kappa shape index (κ2) is 4.98. The molecule has 1 saturated carbocycles. The fourth-order valence-corrected chi connectivity index (χ4v) is 1.35. The Labute approximate surface area is 83.7 Å². The van der Waals surface area contributed by atoms with Crippen LogP contribution in [0.15, 0.2) is 0 Å². The van der Waals surface area contributed by atoms with Crippen molar-refractivity contribution in [3.63, 3.8) is 0 Å². The zero-order valence-corrected chi connectivity index (χ0v) is 8.45. The molecule has 2 N–H and O–H groups in total. The van der Waals surface area contributed by atoms with Crippen molar-refractivity contribution in [3.8, 4) is 0 Å². The first-order valence-corrected chi connectivity index (χ1v) is 5.11. The first kappa shape index (κ1) is 11.0. The van der Waals surface area contributed by atoms with Gasteiger partial charge in [-0.3, -0.25) is 9.59 Å². The van der Waals surface area contributed by atoms with Crippen LogP contribution in [0.3, 0.4) is 0 Å². The summed E-state index contributed by atoms with van der Waals surface area (Å²) in [5.74, 6) is -0.899. The van der Waals surface area contributed by atoms with Gasteiger partial charge in [0.25, 0.3) is 0 Å². The molecule has 1 rings (SSSR count). The minimum absolute atomic E-state index is 0.0915. The maximum absolute atomic E-state index is 11.3. The Balaban J connectivity index is 2.08. The second-order valence-electron chi connectivity index (χ2n) is 3.95. The van der Waals surface area contributed by atoms with E-state index in [4.69, 9.17) is 5.11 Å². The van der Waals surface area contributed by atoms with Crippen LogP contribution in [0.25, 0.3) is 0 Å². The molecule has 1 amide bonds. The van der Waals surface area contributed by atoms with Crippen LogP contribution in [-0.4, -0.2) is 23.5 Å². The Morgan fingerprint density at radius 1 is 1.50 bits per heavy atom. The van der Waals surface area contributed by atoms with E-state index in [-0.39, 0.29) is 17.7 Å². The van der Waals surface area contributed by atoms with Crippen molar-refractivity contribution in [2.75, 3.05) is 6.54 Å². The van der Waals surface area contributed by atoms with Gasteiger partial charge < -0.3 is 10.4 Å². The summed E-state index contributed by atoms with van der Waals surface area (Å²) in [4.78, 5) is 21.8. The number of carbonyl (C=O) groups is 2. The maximum Gasteiger partial charge on any atom is 0.306 e. The number of nitrogens with one attached hydrogen (secondary N) is 1. The largest absolute Gasteiger partial charge is 0.481 e. The summed E-state index contributed by atoms with van der Waals surface area (Å²) in [7, 11) is 0. The third kappa shape index (κ3) is 3.01. The Morgan fingerprint density at radius 2 is 2.14 bits per heavy atom. The maximum atomic E-state index is 11.3. The number of carboxylic acids is 1. The monoisotopic (exact) mass is 199 g/mol. The average molecular weight is 199 g/mol. The summed E-state index contributed by atoms with van der Waals surface area (Å²) in [6.07, 6.45) is 3.62. The van der Waals surface area contributed by atoms with Crippen LogP contribution < -0.4 is 5.32 Å². The van der Waals surface area contributed by atoms with E-state index in [1.807, 2.05) is 0 Å². The molecule has 1 aliphatic carbocycles. The zero-order chi connectivity index (χ0) is 10.6. The third-order valence-corrected chi connectivity index (χ3v) is 2.77. The van der Waals surface area contributed by atoms with Gasteiger partial charge in [-0.25, -0.2) is 0 Å². The van der Waals surface area contributed by atoms with Gasteiger partial charge in [-0.2, -0.15) is 0 Å². The highest BCUT2D eigenvalue weighted by Gasteiger charge is 2.24. The van der Waals surface area contributed by atoms with Gasteiger partial charge in [-0.05, 0) is 19.3 Å². The molecule has 0 aromatic carbocycles. The molecule has 0 spiro atoms. The number of hydrogen-bond donors (Lipinski definition) is 2. The fourth-order valence-electron chi connectivity index (χ4n) is 1.35. The van der Waals surface area contributed by atoms with Gasteiger partial charge in [0.15, 0.2) is 0 Å². The molecule has 1 fully saturated rings. The van der Waals surface area contributed by atoms with Crippen molar-refractivity contribution in [3.05, 3.63) is 0 Å². The number of aliphatic carboxylic acids is 1. The lowest BCUT2D eigenvalue weighted by atomic mass is 9.85. The third-order valence-electron chi connectivity index (χ3n) is 2.77. The topological polar surface area (TPSA) is 66.4 Å². The van der Waals surface area contributed by atoms with Crippen molar-refractivity contribution in [1.82, 2.24) is 5.32 Å². The molecule has 0 radical (unpaired) electrons. The van der Waals surface area contributed by atoms with Gasteiger partial charge in [0.2, 0.25) is 5.91 Å². The smallest absolute Gasteiger partial charge is 0.306 e. The van der Waals surface area contributed by atoms with Crippen LogP contribution >= 0.6 is 0 Å². The van der Waals surface area contributed by atoms with Crippen LogP contribution in [0.4, 0.5) is 0 Å². The Bertz CT molecular complexity index is 223. The zero-order valence-electron chi connectivity index (χ0n) is 8.45. The fraction of sp³-hybridized carbons (Fsp3) is 0.800. The van der Waals surface area contributed by atoms with E-state index < -0.39 is 5.97 Å². The first-order valence-electron chi connectivity index (χ1n) is 5.11. The summed E-state index contributed by atoms with van der Waals surface area (Å²) >= 11 is 0. The Kier molecular flexibility index (Phi) is 3.92. The van der Waals surface area contributed by atoms with Gasteiger partial charge >= 0.3 is 5.97 Å². The van der Waals surface area contributed by atoms with E-state index in [0.717, 1.165) is 19.3 Å². The highest BCUT2D eigenvalue weighted by atomic mass is 16.4. The lowest BCUT2D eigenvalue weighted by molar-refractivity contribution is -0.141. The standard InChI is InChI=1S/C10H17NO3/c1-7(10(13)14)5-6-11-9(12)8-3-2-4-8/h7-8H,2-6H2,1H3,(H,11,12)(H,13,14). The molecule has 4 heteroatoms. The molecule has 4 nitrogen and oxygen atoms in total. The SMILES string of the molecule is CC(CCNC(=O)C1CCC1)C(=O)O. The van der Waals surface area contributed by atoms with Crippen LogP contribution in [0.2, 0.25) is 0 Å². The quantitative estimate of drug-likeness (QED) is 0.694.